The molecule has 1 aliphatic heterocycles. The molecule has 1 N–H and O–H groups in total. The second-order valence-corrected chi connectivity index (χ2v) is 10.2. The number of methoxy groups -OCH3 is 1. The van der Waals surface area contributed by atoms with Gasteiger partial charge in [-0.2, -0.15) is 0 Å². The van der Waals surface area contributed by atoms with Crippen LogP contribution in [0, 0.1) is 5.92 Å². The van der Waals surface area contributed by atoms with Crippen LogP contribution in [-0.4, -0.2) is 59.0 Å². The van der Waals surface area contributed by atoms with E-state index in [1.54, 1.807) is 7.11 Å². The average Bonchev–Trinajstić information content (AvgIpc) is 3.42. The Morgan fingerprint density at radius 2 is 1.95 bits per heavy atom. The number of para-hydroxylation sites is 1. The third-order valence-electron chi connectivity index (χ3n) is 7.34. The fourth-order valence-electron chi connectivity index (χ4n) is 4.95. The molecule has 9 nitrogen and oxygen atoms in total. The van der Waals surface area contributed by atoms with Crippen molar-refractivity contribution in [3.8, 4) is 17.3 Å². The Balaban J connectivity index is 1.48. The van der Waals surface area contributed by atoms with Gasteiger partial charge in [-0.1, -0.05) is 38.0 Å². The molecule has 1 aliphatic rings. The van der Waals surface area contributed by atoms with Crippen molar-refractivity contribution in [2.75, 3.05) is 27.2 Å². The van der Waals surface area contributed by atoms with Crippen molar-refractivity contribution in [2.24, 2.45) is 5.92 Å². The van der Waals surface area contributed by atoms with E-state index in [2.05, 4.69) is 32.4 Å². The number of hydrogen-bond donors (Lipinski definition) is 1. The van der Waals surface area contributed by atoms with Crippen LogP contribution in [0.25, 0.3) is 22.4 Å². The average molecular weight is 522 g/mol. The van der Waals surface area contributed by atoms with Gasteiger partial charge in [-0.3, -0.25) is 9.59 Å². The second-order valence-electron chi connectivity index (χ2n) is 10.2. The first-order chi connectivity index (χ1) is 18.5. The van der Waals surface area contributed by atoms with Crippen LogP contribution < -0.4 is 10.1 Å². The largest absolute Gasteiger partial charge is 0.480 e. The number of ether oxygens (including phenoxy) is 1. The van der Waals surface area contributed by atoms with Crippen LogP contribution >= 0.6 is 0 Å². The van der Waals surface area contributed by atoms with E-state index < -0.39 is 6.04 Å². The number of Topliss-reactive ketones (excluding diaryl/α,β-unsaturated/α-hetero) is 1. The minimum absolute atomic E-state index is 0.00964. The Morgan fingerprint density at radius 3 is 2.71 bits per heavy atom. The Morgan fingerprint density at radius 1 is 1.16 bits per heavy atom. The van der Waals surface area contributed by atoms with Crippen LogP contribution in [0.1, 0.15) is 76.6 Å². The van der Waals surface area contributed by atoms with E-state index in [-0.39, 0.29) is 11.7 Å². The number of benzene rings is 1. The summed E-state index contributed by atoms with van der Waals surface area (Å²) in [6.07, 6.45) is 6.98. The molecule has 0 radical (unpaired) electrons. The molecule has 0 bridgehead atoms. The van der Waals surface area contributed by atoms with E-state index in [1.807, 2.05) is 37.3 Å². The standard InChI is InChI=1S/C29H39N5O4/c1-4-22(35)11-6-5-7-13-25(30-26(36)18-20-14-16-34(2)17-15-20)29-33-32-28(38-29)23-19-21-10-8-9-12-24(21)31-27(23)37-3/h8-10,12,19-20,25H,4-7,11,13-18H2,1-3H3,(H,30,36)/t25-/m0/s1. The molecule has 9 heteroatoms. The summed E-state index contributed by atoms with van der Waals surface area (Å²) in [6.45, 7) is 3.93. The summed E-state index contributed by atoms with van der Waals surface area (Å²) in [6, 6.07) is 9.30. The molecular formula is C29H39N5O4. The molecule has 0 aliphatic carbocycles. The highest BCUT2D eigenvalue weighted by molar-refractivity contribution is 5.84. The SMILES string of the molecule is CCC(=O)CCCCC[C@H](NC(=O)CC1CCN(C)CC1)c1nnc(-c2cc3ccccc3nc2OC)o1. The lowest BCUT2D eigenvalue weighted by Crippen LogP contribution is -2.35. The molecule has 4 rings (SSSR count). The van der Waals surface area contributed by atoms with Gasteiger partial charge in [0.15, 0.2) is 0 Å². The number of carbonyl (C=O) groups is 2. The van der Waals surface area contributed by atoms with E-state index in [0.717, 1.165) is 56.1 Å². The number of piperidine rings is 1. The molecule has 2 aromatic heterocycles. The maximum absolute atomic E-state index is 13.0. The minimum atomic E-state index is -0.392. The molecule has 0 saturated carbocycles. The summed E-state index contributed by atoms with van der Waals surface area (Å²) < 4.78 is 11.6. The smallest absolute Gasteiger partial charge is 0.253 e. The van der Waals surface area contributed by atoms with Crippen molar-refractivity contribution in [3.05, 3.63) is 36.2 Å². The highest BCUT2D eigenvalue weighted by Gasteiger charge is 2.25. The number of unbranched alkanes of at least 4 members (excludes halogenated alkanes) is 2. The van der Waals surface area contributed by atoms with Crippen LogP contribution in [0.2, 0.25) is 0 Å². The molecular weight excluding hydrogens is 482 g/mol. The van der Waals surface area contributed by atoms with E-state index in [0.29, 0.717) is 54.8 Å². The van der Waals surface area contributed by atoms with Crippen molar-refractivity contribution in [1.82, 2.24) is 25.4 Å². The number of rotatable bonds is 13. The van der Waals surface area contributed by atoms with Crippen LogP contribution in [0.3, 0.4) is 0 Å². The number of ketones is 1. The molecule has 0 spiro atoms. The van der Waals surface area contributed by atoms with E-state index >= 15 is 0 Å². The Bertz CT molecular complexity index is 1220. The summed E-state index contributed by atoms with van der Waals surface area (Å²) in [5.74, 6) is 1.76. The lowest BCUT2D eigenvalue weighted by atomic mass is 9.93. The van der Waals surface area contributed by atoms with Crippen LogP contribution in [0.15, 0.2) is 34.7 Å². The molecule has 3 aromatic rings. The topological polar surface area (TPSA) is 110 Å². The van der Waals surface area contributed by atoms with Crippen molar-refractivity contribution >= 4 is 22.6 Å². The number of nitrogens with zero attached hydrogens (tertiary/aromatic N) is 4. The van der Waals surface area contributed by atoms with Crippen LogP contribution in [0.5, 0.6) is 5.88 Å². The van der Waals surface area contributed by atoms with Gasteiger partial charge < -0.3 is 19.4 Å². The van der Waals surface area contributed by atoms with E-state index in [1.165, 1.54) is 0 Å². The monoisotopic (exact) mass is 521 g/mol. The van der Waals surface area contributed by atoms with Gasteiger partial charge in [-0.15, -0.1) is 10.2 Å². The second kappa shape index (κ2) is 13.5. The predicted octanol–water partition coefficient (Wildman–Crippen LogP) is 5.11. The molecule has 1 aromatic carbocycles. The van der Waals surface area contributed by atoms with Gasteiger partial charge in [0.05, 0.1) is 12.6 Å². The maximum atomic E-state index is 13.0. The molecule has 0 unspecified atom stereocenters. The first-order valence-electron chi connectivity index (χ1n) is 13.7. The number of amides is 1. The molecule has 204 valence electrons. The molecule has 1 saturated heterocycles. The van der Waals surface area contributed by atoms with Crippen molar-refractivity contribution < 1.29 is 18.7 Å². The van der Waals surface area contributed by atoms with Gasteiger partial charge in [0.25, 0.3) is 5.89 Å². The van der Waals surface area contributed by atoms with Gasteiger partial charge in [0.2, 0.25) is 17.7 Å². The molecule has 1 fully saturated rings. The third-order valence-corrected chi connectivity index (χ3v) is 7.34. The van der Waals surface area contributed by atoms with Gasteiger partial charge in [0, 0.05) is 24.6 Å². The minimum Gasteiger partial charge on any atom is -0.480 e. The summed E-state index contributed by atoms with van der Waals surface area (Å²) in [4.78, 5) is 31.6. The van der Waals surface area contributed by atoms with Crippen LogP contribution in [0.4, 0.5) is 0 Å². The number of pyridine rings is 1. The maximum Gasteiger partial charge on any atom is 0.253 e. The Kier molecular flexibility index (Phi) is 9.81. The summed E-state index contributed by atoms with van der Waals surface area (Å²) in [5.41, 5.74) is 1.42. The first-order valence-corrected chi connectivity index (χ1v) is 13.7. The van der Waals surface area contributed by atoms with Crippen LogP contribution in [-0.2, 0) is 9.59 Å². The van der Waals surface area contributed by atoms with E-state index in [4.69, 9.17) is 9.15 Å². The fourth-order valence-corrected chi connectivity index (χ4v) is 4.95. The molecule has 1 amide bonds. The Labute approximate surface area is 224 Å². The normalized spacial score (nSPS) is 15.4. The zero-order chi connectivity index (χ0) is 26.9. The highest BCUT2D eigenvalue weighted by Crippen LogP contribution is 2.32. The van der Waals surface area contributed by atoms with Crippen molar-refractivity contribution in [3.63, 3.8) is 0 Å². The number of carbonyl (C=O) groups excluding carboxylic acids is 2. The fraction of sp³-hybridized carbons (Fsp3) is 0.552. The lowest BCUT2D eigenvalue weighted by Gasteiger charge is -2.28. The van der Waals surface area contributed by atoms with Gasteiger partial charge in [0.1, 0.15) is 17.4 Å². The van der Waals surface area contributed by atoms with E-state index in [9.17, 15) is 9.59 Å². The number of aromatic nitrogens is 3. The number of likely N-dealkylation sites (tertiary alicyclic amines) is 1. The predicted molar refractivity (Wildman–Crippen MR) is 146 cm³/mol. The van der Waals surface area contributed by atoms with Crippen molar-refractivity contribution in [1.29, 1.82) is 0 Å². The number of hydrogen-bond acceptors (Lipinski definition) is 8. The molecule has 3 heterocycles. The third kappa shape index (κ3) is 7.37. The number of fused-ring (bicyclic) bond motifs is 1. The zero-order valence-electron chi connectivity index (χ0n) is 22.7. The lowest BCUT2D eigenvalue weighted by molar-refractivity contribution is -0.123. The molecule has 38 heavy (non-hydrogen) atoms. The van der Waals surface area contributed by atoms with Crippen molar-refractivity contribution in [2.45, 2.75) is 70.8 Å². The summed E-state index contributed by atoms with van der Waals surface area (Å²) in [5, 5.41) is 12.7. The van der Waals surface area contributed by atoms with Gasteiger partial charge >= 0.3 is 0 Å². The number of nitrogens with one attached hydrogen (secondary N) is 1. The highest BCUT2D eigenvalue weighted by atomic mass is 16.5. The quantitative estimate of drug-likeness (QED) is 0.309. The summed E-state index contributed by atoms with van der Waals surface area (Å²) >= 11 is 0. The molecule has 1 atom stereocenters. The van der Waals surface area contributed by atoms with Gasteiger partial charge in [-0.05, 0) is 63.9 Å². The zero-order valence-corrected chi connectivity index (χ0v) is 22.7. The first kappa shape index (κ1) is 27.7. The van der Waals surface area contributed by atoms with Gasteiger partial charge in [-0.25, -0.2) is 4.98 Å². The Hall–Kier alpha value is -3.33. The summed E-state index contributed by atoms with van der Waals surface area (Å²) in [7, 11) is 3.68.